The van der Waals surface area contributed by atoms with Crippen LogP contribution < -0.4 is 4.90 Å². The normalized spacial score (nSPS) is 11.4. The van der Waals surface area contributed by atoms with E-state index in [1.54, 1.807) is 0 Å². The molecule has 0 fully saturated rings. The van der Waals surface area contributed by atoms with E-state index in [4.69, 9.17) is 9.15 Å². The van der Waals surface area contributed by atoms with Crippen molar-refractivity contribution in [3.8, 4) is 11.5 Å². The van der Waals surface area contributed by atoms with Gasteiger partial charge in [0, 0.05) is 18.9 Å². The van der Waals surface area contributed by atoms with Gasteiger partial charge in [-0.25, -0.2) is 14.8 Å². The van der Waals surface area contributed by atoms with Crippen LogP contribution in [-0.2, 0) is 9.47 Å². The average Bonchev–Trinajstić information content (AvgIpc) is 3.02. The maximum absolute atomic E-state index is 12.7. The molecule has 24 heavy (non-hydrogen) atoms. The number of ether oxygens (including phenoxy) is 2. The molecule has 0 bridgehead atoms. The van der Waals surface area contributed by atoms with E-state index in [1.165, 1.54) is 32.5 Å². The van der Waals surface area contributed by atoms with E-state index in [1.807, 2.05) is 0 Å². The van der Waals surface area contributed by atoms with Crippen molar-refractivity contribution in [3.05, 3.63) is 30.3 Å². The van der Waals surface area contributed by atoms with Gasteiger partial charge in [-0.3, -0.25) is 0 Å². The van der Waals surface area contributed by atoms with E-state index in [2.05, 4.69) is 14.7 Å². The van der Waals surface area contributed by atoms with Gasteiger partial charge < -0.3 is 18.8 Å². The van der Waals surface area contributed by atoms with Crippen LogP contribution >= 0.6 is 0 Å². The molecule has 0 aliphatic rings. The number of oxazole rings is 1. The lowest BCUT2D eigenvalue weighted by molar-refractivity contribution is -0.121. The fourth-order valence-corrected chi connectivity index (χ4v) is 1.89. The monoisotopic (exact) mass is 345 g/mol. The van der Waals surface area contributed by atoms with Crippen molar-refractivity contribution in [2.45, 2.75) is 6.18 Å². The number of aromatic nitrogens is 2. The van der Waals surface area contributed by atoms with Crippen molar-refractivity contribution >= 4 is 11.8 Å². The summed E-state index contributed by atoms with van der Waals surface area (Å²) in [7, 11) is 2.48. The van der Waals surface area contributed by atoms with Crippen molar-refractivity contribution in [2.75, 3.05) is 32.4 Å². The Kier molecular flexibility index (Phi) is 5.39. The number of methoxy groups -OCH3 is 2. The highest BCUT2D eigenvalue weighted by atomic mass is 19.4. The molecule has 0 aliphatic heterocycles. The molecule has 2 aromatic heterocycles. The van der Waals surface area contributed by atoms with E-state index in [9.17, 15) is 18.0 Å². The number of anilines is 1. The minimum absolute atomic E-state index is 0.0319. The molecule has 0 unspecified atom stereocenters. The Morgan fingerprint density at radius 2 is 2.12 bits per heavy atom. The maximum Gasteiger partial charge on any atom is 0.406 e. The van der Waals surface area contributed by atoms with Crippen molar-refractivity contribution in [1.29, 1.82) is 0 Å². The summed E-state index contributed by atoms with van der Waals surface area (Å²) in [6.07, 6.45) is -2.01. The van der Waals surface area contributed by atoms with Gasteiger partial charge in [-0.15, -0.1) is 0 Å². The SMILES string of the molecule is COCN(CC(F)(F)F)c1cc(-c2nc(C(=O)OC)co2)ccn1. The Labute approximate surface area is 135 Å². The van der Waals surface area contributed by atoms with E-state index < -0.39 is 18.7 Å². The molecule has 0 radical (unpaired) electrons. The van der Waals surface area contributed by atoms with Gasteiger partial charge in [0.25, 0.3) is 0 Å². The topological polar surface area (TPSA) is 77.7 Å². The quantitative estimate of drug-likeness (QED) is 0.588. The van der Waals surface area contributed by atoms with Crippen molar-refractivity contribution < 1.29 is 31.9 Å². The van der Waals surface area contributed by atoms with Crippen LogP contribution in [0.5, 0.6) is 0 Å². The molecular weight excluding hydrogens is 331 g/mol. The van der Waals surface area contributed by atoms with Gasteiger partial charge in [-0.2, -0.15) is 13.2 Å². The Hall–Kier alpha value is -2.62. The van der Waals surface area contributed by atoms with Crippen LogP contribution in [0.2, 0.25) is 0 Å². The summed E-state index contributed by atoms with van der Waals surface area (Å²) in [5.74, 6) is -0.592. The number of alkyl halides is 3. The second kappa shape index (κ2) is 7.30. The standard InChI is InChI=1S/C14H14F3N3O4/c1-22-8-20(7-14(15,16)17)11-5-9(3-4-18-11)12-19-10(6-24-12)13(21)23-2/h3-6H,7-8H2,1-2H3. The third-order valence-corrected chi connectivity index (χ3v) is 2.87. The van der Waals surface area contributed by atoms with E-state index in [0.29, 0.717) is 5.56 Å². The maximum atomic E-state index is 12.7. The molecule has 7 nitrogen and oxygen atoms in total. The molecule has 0 aromatic carbocycles. The molecule has 130 valence electrons. The van der Waals surface area contributed by atoms with Crippen molar-refractivity contribution in [1.82, 2.24) is 9.97 Å². The molecular formula is C14H14F3N3O4. The van der Waals surface area contributed by atoms with Crippen LogP contribution in [0.15, 0.2) is 29.0 Å². The van der Waals surface area contributed by atoms with Crippen LogP contribution in [-0.4, -0.2) is 49.6 Å². The molecule has 0 N–H and O–H groups in total. The second-order valence-corrected chi connectivity index (χ2v) is 4.66. The second-order valence-electron chi connectivity index (χ2n) is 4.66. The van der Waals surface area contributed by atoms with Gasteiger partial charge >= 0.3 is 12.1 Å². The lowest BCUT2D eigenvalue weighted by Gasteiger charge is -2.24. The fraction of sp³-hybridized carbons (Fsp3) is 0.357. The molecule has 0 spiro atoms. The van der Waals surface area contributed by atoms with Gasteiger partial charge in [0.05, 0.1) is 7.11 Å². The minimum Gasteiger partial charge on any atom is -0.464 e. The first-order valence-electron chi connectivity index (χ1n) is 6.65. The zero-order chi connectivity index (χ0) is 17.7. The number of halogens is 3. The number of pyridine rings is 1. The first-order valence-corrected chi connectivity index (χ1v) is 6.65. The Bertz CT molecular complexity index is 703. The zero-order valence-corrected chi connectivity index (χ0v) is 12.8. The number of carbonyl (C=O) groups is 1. The molecule has 0 saturated heterocycles. The largest absolute Gasteiger partial charge is 0.464 e. The van der Waals surface area contributed by atoms with Gasteiger partial charge in [-0.05, 0) is 12.1 Å². The van der Waals surface area contributed by atoms with Gasteiger partial charge in [0.15, 0.2) is 5.69 Å². The Balaban J connectivity index is 2.29. The Morgan fingerprint density at radius 3 is 2.75 bits per heavy atom. The minimum atomic E-state index is -4.42. The van der Waals surface area contributed by atoms with Crippen LogP contribution in [0.1, 0.15) is 10.5 Å². The summed E-state index contributed by atoms with van der Waals surface area (Å²) < 4.78 is 52.4. The van der Waals surface area contributed by atoms with Crippen molar-refractivity contribution in [2.24, 2.45) is 0 Å². The van der Waals surface area contributed by atoms with E-state index >= 15 is 0 Å². The molecule has 0 amide bonds. The van der Waals surface area contributed by atoms with Gasteiger partial charge in [0.1, 0.15) is 25.4 Å². The van der Waals surface area contributed by atoms with Crippen molar-refractivity contribution in [3.63, 3.8) is 0 Å². The highest BCUT2D eigenvalue weighted by Crippen LogP contribution is 2.25. The molecule has 10 heteroatoms. The lowest BCUT2D eigenvalue weighted by Crippen LogP contribution is -2.36. The fourth-order valence-electron chi connectivity index (χ4n) is 1.89. The molecule has 0 atom stereocenters. The number of esters is 1. The van der Waals surface area contributed by atoms with E-state index in [0.717, 1.165) is 11.2 Å². The zero-order valence-electron chi connectivity index (χ0n) is 12.8. The molecule has 2 heterocycles. The number of rotatable bonds is 6. The first-order chi connectivity index (χ1) is 11.3. The molecule has 2 aromatic rings. The third kappa shape index (κ3) is 4.44. The van der Waals surface area contributed by atoms with Crippen LogP contribution in [0.3, 0.4) is 0 Å². The number of nitrogens with zero attached hydrogens (tertiary/aromatic N) is 3. The summed E-state index contributed by atoms with van der Waals surface area (Å²) in [5, 5.41) is 0. The molecule has 0 aliphatic carbocycles. The van der Waals surface area contributed by atoms with Gasteiger partial charge in [0.2, 0.25) is 5.89 Å². The average molecular weight is 345 g/mol. The number of carbonyl (C=O) groups excluding carboxylic acids is 1. The summed E-state index contributed by atoms with van der Waals surface area (Å²) in [5.41, 5.74) is 0.313. The number of hydrogen-bond acceptors (Lipinski definition) is 7. The van der Waals surface area contributed by atoms with Crippen LogP contribution in [0, 0.1) is 0 Å². The number of hydrogen-bond donors (Lipinski definition) is 0. The van der Waals surface area contributed by atoms with Crippen LogP contribution in [0.4, 0.5) is 19.0 Å². The molecule has 2 rings (SSSR count). The Morgan fingerprint density at radius 1 is 1.38 bits per heavy atom. The molecule has 0 saturated carbocycles. The summed E-state index contributed by atoms with van der Waals surface area (Å²) in [6.45, 7) is -1.52. The highest BCUT2D eigenvalue weighted by molar-refractivity contribution is 5.87. The smallest absolute Gasteiger partial charge is 0.406 e. The lowest BCUT2D eigenvalue weighted by atomic mass is 10.2. The van der Waals surface area contributed by atoms with Crippen LogP contribution in [0.25, 0.3) is 11.5 Å². The summed E-state index contributed by atoms with van der Waals surface area (Å²) in [6, 6.07) is 2.85. The van der Waals surface area contributed by atoms with Gasteiger partial charge in [-0.1, -0.05) is 0 Å². The highest BCUT2D eigenvalue weighted by Gasteiger charge is 2.31. The first kappa shape index (κ1) is 17.7. The van der Waals surface area contributed by atoms with E-state index in [-0.39, 0.29) is 24.1 Å². The predicted octanol–water partition coefficient (Wildman–Crippen LogP) is 2.50. The predicted molar refractivity (Wildman–Crippen MR) is 76.4 cm³/mol. The third-order valence-electron chi connectivity index (χ3n) is 2.87. The summed E-state index contributed by atoms with van der Waals surface area (Å²) in [4.78, 5) is 20.1. The summed E-state index contributed by atoms with van der Waals surface area (Å²) >= 11 is 0.